The average Bonchev–Trinajstić information content (AvgIpc) is 2.98. The van der Waals surface area contributed by atoms with E-state index in [-0.39, 0.29) is 17.3 Å². The highest BCUT2D eigenvalue weighted by Crippen LogP contribution is 2.21. The topological polar surface area (TPSA) is 84.5 Å². The Bertz CT molecular complexity index is 788. The van der Waals surface area contributed by atoms with Crippen LogP contribution in [-0.4, -0.2) is 34.6 Å². The molecule has 9 heteroatoms. The molecule has 6 nitrogen and oxygen atoms in total. The quantitative estimate of drug-likeness (QED) is 0.627. The third-order valence-electron chi connectivity index (χ3n) is 3.08. The van der Waals surface area contributed by atoms with Gasteiger partial charge >= 0.3 is 0 Å². The number of benzene rings is 1. The van der Waals surface area contributed by atoms with E-state index in [0.717, 1.165) is 8.66 Å². The van der Waals surface area contributed by atoms with Crippen LogP contribution in [0.25, 0.3) is 0 Å². The molecule has 0 fully saturated rings. The van der Waals surface area contributed by atoms with E-state index >= 15 is 0 Å². The highest BCUT2D eigenvalue weighted by Gasteiger charge is 2.14. The van der Waals surface area contributed by atoms with Gasteiger partial charge in [-0.1, -0.05) is 0 Å². The van der Waals surface area contributed by atoms with Gasteiger partial charge in [0.15, 0.2) is 0 Å². The van der Waals surface area contributed by atoms with Crippen molar-refractivity contribution in [2.75, 3.05) is 20.3 Å². The molecule has 0 aliphatic carbocycles. The summed E-state index contributed by atoms with van der Waals surface area (Å²) < 4.78 is 32.3. The van der Waals surface area contributed by atoms with Gasteiger partial charge in [-0.05, 0) is 52.3 Å². The predicted molar refractivity (Wildman–Crippen MR) is 96.7 cm³/mol. The standard InChI is InChI=1S/C15H17BrN2O4S2/c1-22-9-8-18-24(20,21)13-5-2-11(3-6-13)15(19)17-10-12-4-7-14(16)23-12/h2-7,18H,8-10H2,1H3,(H,17,19). The first kappa shape index (κ1) is 19.1. The first-order chi connectivity index (χ1) is 11.4. The van der Waals surface area contributed by atoms with Crippen LogP contribution in [0.1, 0.15) is 15.2 Å². The number of methoxy groups -OCH3 is 1. The van der Waals surface area contributed by atoms with Gasteiger partial charge in [0.2, 0.25) is 10.0 Å². The lowest BCUT2D eigenvalue weighted by atomic mass is 10.2. The molecule has 0 aliphatic heterocycles. The Morgan fingerprint density at radius 2 is 1.92 bits per heavy atom. The van der Waals surface area contributed by atoms with Crippen LogP contribution < -0.4 is 10.0 Å². The summed E-state index contributed by atoms with van der Waals surface area (Å²) in [6.45, 7) is 0.906. The van der Waals surface area contributed by atoms with E-state index in [4.69, 9.17) is 4.74 Å². The summed E-state index contributed by atoms with van der Waals surface area (Å²) >= 11 is 4.91. The minimum atomic E-state index is -3.59. The molecule has 0 aliphatic rings. The van der Waals surface area contributed by atoms with E-state index < -0.39 is 10.0 Å². The number of rotatable bonds is 8. The van der Waals surface area contributed by atoms with Gasteiger partial charge in [0.05, 0.1) is 21.8 Å². The van der Waals surface area contributed by atoms with Gasteiger partial charge in [-0.2, -0.15) is 0 Å². The Balaban J connectivity index is 1.96. The number of nitrogens with one attached hydrogen (secondary N) is 2. The Morgan fingerprint density at radius 1 is 1.21 bits per heavy atom. The summed E-state index contributed by atoms with van der Waals surface area (Å²) in [6, 6.07) is 9.64. The number of amides is 1. The van der Waals surface area contributed by atoms with E-state index in [1.807, 2.05) is 12.1 Å². The smallest absolute Gasteiger partial charge is 0.251 e. The van der Waals surface area contributed by atoms with Gasteiger partial charge in [0.1, 0.15) is 0 Å². The number of halogens is 1. The van der Waals surface area contributed by atoms with Crippen molar-refractivity contribution in [2.24, 2.45) is 0 Å². The second-order valence-corrected chi connectivity index (χ2v) is 9.12. The van der Waals surface area contributed by atoms with Crippen molar-refractivity contribution in [1.29, 1.82) is 0 Å². The Labute approximate surface area is 153 Å². The van der Waals surface area contributed by atoms with Crippen molar-refractivity contribution in [3.05, 3.63) is 50.6 Å². The SMILES string of the molecule is COCCNS(=O)(=O)c1ccc(C(=O)NCc2ccc(Br)s2)cc1. The average molecular weight is 433 g/mol. The molecule has 1 amide bonds. The molecule has 0 bridgehead atoms. The lowest BCUT2D eigenvalue weighted by Gasteiger charge is -2.08. The van der Waals surface area contributed by atoms with Crippen LogP contribution in [0.3, 0.4) is 0 Å². The zero-order valence-corrected chi connectivity index (χ0v) is 16.1. The van der Waals surface area contributed by atoms with Crippen LogP contribution >= 0.6 is 27.3 Å². The molecule has 1 heterocycles. The Kier molecular flexibility index (Phi) is 6.93. The van der Waals surface area contributed by atoms with Gasteiger partial charge in [-0.15, -0.1) is 11.3 Å². The van der Waals surface area contributed by atoms with Gasteiger partial charge in [-0.25, -0.2) is 13.1 Å². The molecule has 0 atom stereocenters. The van der Waals surface area contributed by atoms with Crippen molar-refractivity contribution in [3.63, 3.8) is 0 Å². The van der Waals surface area contributed by atoms with Crippen LogP contribution in [-0.2, 0) is 21.3 Å². The number of thiophene rings is 1. The summed E-state index contributed by atoms with van der Waals surface area (Å²) in [5, 5.41) is 2.80. The van der Waals surface area contributed by atoms with Crippen molar-refractivity contribution in [2.45, 2.75) is 11.4 Å². The second kappa shape index (κ2) is 8.72. The van der Waals surface area contributed by atoms with Gasteiger partial charge in [-0.3, -0.25) is 4.79 Å². The molecule has 2 N–H and O–H groups in total. The maximum atomic E-state index is 12.1. The zero-order chi connectivity index (χ0) is 17.6. The minimum absolute atomic E-state index is 0.109. The summed E-state index contributed by atoms with van der Waals surface area (Å²) in [7, 11) is -2.10. The highest BCUT2D eigenvalue weighted by molar-refractivity contribution is 9.11. The molecule has 0 saturated heterocycles. The van der Waals surface area contributed by atoms with Crippen LogP contribution in [0.5, 0.6) is 0 Å². The van der Waals surface area contributed by atoms with Crippen molar-refractivity contribution >= 4 is 43.2 Å². The molecule has 2 rings (SSSR count). The largest absolute Gasteiger partial charge is 0.383 e. The lowest BCUT2D eigenvalue weighted by molar-refractivity contribution is 0.0951. The van der Waals surface area contributed by atoms with Gasteiger partial charge in [0.25, 0.3) is 5.91 Å². The molecule has 2 aromatic rings. The summed E-state index contributed by atoms with van der Waals surface area (Å²) in [5.74, 6) is -0.254. The molecule has 0 unspecified atom stereocenters. The number of hydrogen-bond donors (Lipinski definition) is 2. The van der Waals surface area contributed by atoms with E-state index in [9.17, 15) is 13.2 Å². The molecular weight excluding hydrogens is 416 g/mol. The molecule has 24 heavy (non-hydrogen) atoms. The first-order valence-corrected chi connectivity index (χ1v) is 10.1. The molecule has 130 valence electrons. The van der Waals surface area contributed by atoms with E-state index in [0.29, 0.717) is 18.7 Å². The Hall–Kier alpha value is -1.26. The first-order valence-electron chi connectivity index (χ1n) is 7.03. The number of carbonyl (C=O) groups is 1. The molecular formula is C15H17BrN2O4S2. The fraction of sp³-hybridized carbons (Fsp3) is 0.267. The maximum absolute atomic E-state index is 12.1. The van der Waals surface area contributed by atoms with Gasteiger partial charge in [0, 0.05) is 24.1 Å². The maximum Gasteiger partial charge on any atom is 0.251 e. The molecule has 1 aromatic carbocycles. The molecule has 0 spiro atoms. The fourth-order valence-electron chi connectivity index (χ4n) is 1.86. The molecule has 0 saturated carbocycles. The lowest BCUT2D eigenvalue weighted by Crippen LogP contribution is -2.27. The fourth-order valence-corrected chi connectivity index (χ4v) is 4.30. The number of sulfonamides is 1. The van der Waals surface area contributed by atoms with Crippen LogP contribution in [0, 0.1) is 0 Å². The monoisotopic (exact) mass is 432 g/mol. The normalized spacial score (nSPS) is 11.4. The summed E-state index contributed by atoms with van der Waals surface area (Å²) in [5.41, 5.74) is 0.404. The van der Waals surface area contributed by atoms with Crippen molar-refractivity contribution in [3.8, 4) is 0 Å². The highest BCUT2D eigenvalue weighted by atomic mass is 79.9. The van der Waals surface area contributed by atoms with Crippen LogP contribution in [0.4, 0.5) is 0 Å². The molecule has 0 radical (unpaired) electrons. The Morgan fingerprint density at radius 3 is 2.50 bits per heavy atom. The van der Waals surface area contributed by atoms with Crippen LogP contribution in [0.15, 0.2) is 45.1 Å². The third-order valence-corrected chi connectivity index (χ3v) is 6.18. The number of hydrogen-bond acceptors (Lipinski definition) is 5. The summed E-state index contributed by atoms with van der Waals surface area (Å²) in [6.07, 6.45) is 0. The molecule has 1 aromatic heterocycles. The second-order valence-electron chi connectivity index (χ2n) is 4.80. The van der Waals surface area contributed by atoms with E-state index in [1.165, 1.54) is 31.4 Å². The minimum Gasteiger partial charge on any atom is -0.383 e. The number of carbonyl (C=O) groups excluding carboxylic acids is 1. The van der Waals surface area contributed by atoms with E-state index in [2.05, 4.69) is 26.0 Å². The third kappa shape index (κ3) is 5.38. The zero-order valence-electron chi connectivity index (χ0n) is 12.9. The number of ether oxygens (including phenoxy) is 1. The van der Waals surface area contributed by atoms with Crippen molar-refractivity contribution in [1.82, 2.24) is 10.0 Å². The van der Waals surface area contributed by atoms with Crippen LogP contribution in [0.2, 0.25) is 0 Å². The summed E-state index contributed by atoms with van der Waals surface area (Å²) in [4.78, 5) is 13.2. The predicted octanol–water partition coefficient (Wildman–Crippen LogP) is 2.37. The van der Waals surface area contributed by atoms with Crippen molar-refractivity contribution < 1.29 is 17.9 Å². The van der Waals surface area contributed by atoms with E-state index in [1.54, 1.807) is 11.3 Å². The van der Waals surface area contributed by atoms with Gasteiger partial charge < -0.3 is 10.1 Å².